The van der Waals surface area contributed by atoms with Crippen molar-refractivity contribution in [2.45, 2.75) is 6.92 Å². The summed E-state index contributed by atoms with van der Waals surface area (Å²) in [6.45, 7) is 1.95. The van der Waals surface area contributed by atoms with Crippen LogP contribution in [0.3, 0.4) is 0 Å². The molecule has 0 unspecified atom stereocenters. The summed E-state index contributed by atoms with van der Waals surface area (Å²) in [5.41, 5.74) is 3.99. The smallest absolute Gasteiger partial charge is 0.255 e. The number of hydrogen-bond acceptors (Lipinski definition) is 5. The summed E-state index contributed by atoms with van der Waals surface area (Å²) in [4.78, 5) is 18.0. The van der Waals surface area contributed by atoms with Gasteiger partial charge in [0.25, 0.3) is 5.91 Å². The minimum atomic E-state index is -3.73. The molecule has 218 valence electrons. The van der Waals surface area contributed by atoms with Crippen LogP contribution in [-0.4, -0.2) is 44.2 Å². The van der Waals surface area contributed by atoms with Crippen LogP contribution in [0.25, 0.3) is 50.3 Å². The first-order chi connectivity index (χ1) is 20.4. The van der Waals surface area contributed by atoms with Crippen molar-refractivity contribution < 1.29 is 26.4 Å². The Morgan fingerprint density at radius 1 is 0.977 bits per heavy atom. The SMILES string of the molecule is CNC(=O)c1c(-c2ccc(C)cc2)oc2cc(N(C)S(C)(=O)=O)c(-c3ccc4ccn(-c5cc(F)cc(F)c5)c4n3)cc12. The number of pyridine rings is 1. The highest BCUT2D eigenvalue weighted by Crippen LogP contribution is 2.41. The number of aromatic nitrogens is 2. The van der Waals surface area contributed by atoms with Crippen LogP contribution in [0.4, 0.5) is 14.5 Å². The zero-order valence-electron chi connectivity index (χ0n) is 23.6. The minimum Gasteiger partial charge on any atom is -0.455 e. The van der Waals surface area contributed by atoms with Crippen molar-refractivity contribution in [3.63, 3.8) is 0 Å². The summed E-state index contributed by atoms with van der Waals surface area (Å²) < 4.78 is 62.5. The lowest BCUT2D eigenvalue weighted by molar-refractivity contribution is 0.0964. The number of furan rings is 1. The van der Waals surface area contributed by atoms with Crippen molar-refractivity contribution in [3.05, 3.63) is 102 Å². The molecule has 0 saturated heterocycles. The number of carbonyl (C=O) groups is 1. The Morgan fingerprint density at radius 2 is 1.67 bits per heavy atom. The third-order valence-electron chi connectivity index (χ3n) is 7.35. The lowest BCUT2D eigenvalue weighted by Gasteiger charge is -2.20. The number of aryl methyl sites for hydroxylation is 1. The molecule has 0 saturated carbocycles. The fourth-order valence-electron chi connectivity index (χ4n) is 5.08. The Kier molecular flexibility index (Phi) is 6.77. The standard InChI is InChI=1S/C32H26F2N4O4S/c1-18-5-7-19(8-6-18)30-29(32(39)35-2)25-16-24(27(17-28(25)42-30)37(3)43(4,40)41)26-10-9-20-11-12-38(31(20)36-26)23-14-21(33)13-22(34)15-23/h5-17H,1-4H3,(H,35,39). The van der Waals surface area contributed by atoms with Gasteiger partial charge in [0.1, 0.15) is 28.6 Å². The third kappa shape index (κ3) is 5.01. The Balaban J connectivity index is 1.64. The average Bonchev–Trinajstić information content (AvgIpc) is 3.56. The molecule has 0 bridgehead atoms. The van der Waals surface area contributed by atoms with Gasteiger partial charge in [0.15, 0.2) is 0 Å². The number of benzene rings is 3. The largest absolute Gasteiger partial charge is 0.455 e. The fourth-order valence-corrected chi connectivity index (χ4v) is 5.59. The Labute approximate surface area is 246 Å². The molecule has 6 rings (SSSR count). The van der Waals surface area contributed by atoms with Gasteiger partial charge in [-0.1, -0.05) is 29.8 Å². The highest BCUT2D eigenvalue weighted by Gasteiger charge is 2.26. The van der Waals surface area contributed by atoms with Crippen LogP contribution >= 0.6 is 0 Å². The van der Waals surface area contributed by atoms with Gasteiger partial charge in [0.05, 0.1) is 28.9 Å². The topological polar surface area (TPSA) is 97.4 Å². The van der Waals surface area contributed by atoms with E-state index in [-0.39, 0.29) is 22.8 Å². The lowest BCUT2D eigenvalue weighted by atomic mass is 10.0. The number of halogens is 2. The van der Waals surface area contributed by atoms with Gasteiger partial charge in [-0.25, -0.2) is 22.2 Å². The predicted octanol–water partition coefficient (Wildman–Crippen LogP) is 6.45. The van der Waals surface area contributed by atoms with Crippen molar-refractivity contribution in [1.29, 1.82) is 0 Å². The molecule has 3 aromatic carbocycles. The molecule has 1 amide bonds. The van der Waals surface area contributed by atoms with Crippen molar-refractivity contribution in [1.82, 2.24) is 14.9 Å². The summed E-state index contributed by atoms with van der Waals surface area (Å²) in [5, 5.41) is 3.83. The Bertz CT molecular complexity index is 2150. The number of rotatable bonds is 6. The first kappa shape index (κ1) is 28.1. The number of nitrogens with one attached hydrogen (secondary N) is 1. The second-order valence-electron chi connectivity index (χ2n) is 10.3. The summed E-state index contributed by atoms with van der Waals surface area (Å²) in [7, 11) is -0.796. The zero-order chi connectivity index (χ0) is 30.6. The molecule has 0 radical (unpaired) electrons. The maximum atomic E-state index is 14.1. The monoisotopic (exact) mass is 600 g/mol. The molecule has 0 aliphatic heterocycles. The second-order valence-corrected chi connectivity index (χ2v) is 12.3. The van der Waals surface area contributed by atoms with E-state index in [4.69, 9.17) is 9.40 Å². The summed E-state index contributed by atoms with van der Waals surface area (Å²) in [6, 6.07) is 19.2. The zero-order valence-corrected chi connectivity index (χ0v) is 24.5. The number of sulfonamides is 1. The number of fused-ring (bicyclic) bond motifs is 2. The molecule has 3 aromatic heterocycles. The highest BCUT2D eigenvalue weighted by molar-refractivity contribution is 7.92. The number of nitrogens with zero attached hydrogens (tertiary/aromatic N) is 3. The molecule has 6 aromatic rings. The van der Waals surface area contributed by atoms with E-state index in [2.05, 4.69) is 5.32 Å². The van der Waals surface area contributed by atoms with Crippen molar-refractivity contribution in [3.8, 4) is 28.3 Å². The van der Waals surface area contributed by atoms with E-state index >= 15 is 0 Å². The van der Waals surface area contributed by atoms with Gasteiger partial charge in [0.2, 0.25) is 10.0 Å². The molecule has 0 fully saturated rings. The van der Waals surface area contributed by atoms with Crippen LogP contribution in [0.1, 0.15) is 15.9 Å². The first-order valence-electron chi connectivity index (χ1n) is 13.2. The van der Waals surface area contributed by atoms with E-state index in [0.717, 1.165) is 22.2 Å². The maximum Gasteiger partial charge on any atom is 0.255 e. The van der Waals surface area contributed by atoms with E-state index < -0.39 is 21.7 Å². The van der Waals surface area contributed by atoms with Crippen molar-refractivity contribution in [2.24, 2.45) is 0 Å². The van der Waals surface area contributed by atoms with Crippen LogP contribution in [0, 0.1) is 18.6 Å². The van der Waals surface area contributed by atoms with Gasteiger partial charge in [-0.3, -0.25) is 9.10 Å². The number of hydrogen-bond donors (Lipinski definition) is 1. The summed E-state index contributed by atoms with van der Waals surface area (Å²) >= 11 is 0. The van der Waals surface area contributed by atoms with E-state index in [1.165, 1.54) is 26.2 Å². The Morgan fingerprint density at radius 3 is 2.33 bits per heavy atom. The van der Waals surface area contributed by atoms with Crippen molar-refractivity contribution in [2.75, 3.05) is 24.7 Å². The minimum absolute atomic E-state index is 0.237. The summed E-state index contributed by atoms with van der Waals surface area (Å²) in [5.74, 6) is -1.51. The quantitative estimate of drug-likeness (QED) is 0.237. The molecule has 0 aliphatic rings. The van der Waals surface area contributed by atoms with Crippen LogP contribution in [-0.2, 0) is 10.0 Å². The van der Waals surface area contributed by atoms with Crippen LogP contribution < -0.4 is 9.62 Å². The second kappa shape index (κ2) is 10.4. The molecule has 1 N–H and O–H groups in total. The number of carbonyl (C=O) groups excluding carboxylic acids is 1. The molecule has 0 spiro atoms. The fraction of sp³-hybridized carbons (Fsp3) is 0.125. The van der Waals surface area contributed by atoms with Gasteiger partial charge in [-0.15, -0.1) is 0 Å². The third-order valence-corrected chi connectivity index (χ3v) is 8.54. The normalized spacial score (nSPS) is 11.8. The lowest BCUT2D eigenvalue weighted by Crippen LogP contribution is -2.25. The van der Waals surface area contributed by atoms with Gasteiger partial charge in [-0.2, -0.15) is 0 Å². The van der Waals surface area contributed by atoms with Crippen LogP contribution in [0.5, 0.6) is 0 Å². The summed E-state index contributed by atoms with van der Waals surface area (Å²) in [6.07, 6.45) is 2.73. The molecule has 0 atom stereocenters. The first-order valence-corrected chi connectivity index (χ1v) is 15.1. The number of anilines is 1. The van der Waals surface area contributed by atoms with E-state index in [1.807, 2.05) is 31.2 Å². The van der Waals surface area contributed by atoms with E-state index in [9.17, 15) is 22.0 Å². The molecule has 3 heterocycles. The average molecular weight is 601 g/mol. The molecule has 0 aliphatic carbocycles. The molecule has 11 heteroatoms. The van der Waals surface area contributed by atoms with Gasteiger partial charge in [0, 0.05) is 54.3 Å². The van der Waals surface area contributed by atoms with Gasteiger partial charge in [-0.05, 0) is 43.3 Å². The highest BCUT2D eigenvalue weighted by atomic mass is 32.2. The maximum absolute atomic E-state index is 14.1. The van der Waals surface area contributed by atoms with Crippen LogP contribution in [0.2, 0.25) is 0 Å². The van der Waals surface area contributed by atoms with Crippen molar-refractivity contribution >= 4 is 43.6 Å². The predicted molar refractivity (Wildman–Crippen MR) is 163 cm³/mol. The molecular weight excluding hydrogens is 574 g/mol. The molecule has 8 nitrogen and oxygen atoms in total. The molecular formula is C32H26F2N4O4S. The van der Waals surface area contributed by atoms with Crippen LogP contribution in [0.15, 0.2) is 83.4 Å². The van der Waals surface area contributed by atoms with Gasteiger partial charge >= 0.3 is 0 Å². The van der Waals surface area contributed by atoms with Gasteiger partial charge < -0.3 is 14.3 Å². The van der Waals surface area contributed by atoms with E-state index in [0.29, 0.717) is 44.6 Å². The molecule has 43 heavy (non-hydrogen) atoms. The number of amides is 1. The Hall–Kier alpha value is -5.03. The van der Waals surface area contributed by atoms with E-state index in [1.54, 1.807) is 41.1 Å².